The average Bonchev–Trinajstić information content (AvgIpc) is 2.74. The van der Waals surface area contributed by atoms with E-state index in [0.29, 0.717) is 0 Å². The predicted molar refractivity (Wildman–Crippen MR) is 132 cm³/mol. The normalized spacial score (nSPS) is 13.2. The maximum absolute atomic E-state index is 13.0. The van der Waals surface area contributed by atoms with Crippen molar-refractivity contribution in [3.63, 3.8) is 0 Å². The molecule has 0 aromatic heterocycles. The Labute approximate surface area is 203 Å². The van der Waals surface area contributed by atoms with Crippen molar-refractivity contribution in [2.24, 2.45) is 5.92 Å². The molecule has 0 fully saturated rings. The van der Waals surface area contributed by atoms with Crippen LogP contribution in [0.2, 0.25) is 0 Å². The number of hydrogen-bond donors (Lipinski definition) is 0. The van der Waals surface area contributed by atoms with Crippen LogP contribution in [0.1, 0.15) is 69.2 Å². The van der Waals surface area contributed by atoms with Gasteiger partial charge < -0.3 is 18.9 Å². The second-order valence-corrected chi connectivity index (χ2v) is 9.66. The van der Waals surface area contributed by atoms with Crippen LogP contribution in [-0.2, 0) is 19.1 Å². The smallest absolute Gasteiger partial charge is 0.309 e. The zero-order valence-corrected chi connectivity index (χ0v) is 21.9. The third kappa shape index (κ3) is 6.75. The van der Waals surface area contributed by atoms with Crippen LogP contribution in [0.25, 0.3) is 0 Å². The molecule has 2 aromatic rings. The van der Waals surface area contributed by atoms with E-state index in [1.54, 1.807) is 41.9 Å². The third-order valence-corrected chi connectivity index (χ3v) is 5.83. The van der Waals surface area contributed by atoms with Gasteiger partial charge in [0.1, 0.15) is 23.2 Å². The van der Waals surface area contributed by atoms with Crippen LogP contribution in [0.15, 0.2) is 36.4 Å². The topological polar surface area (TPSA) is 71.1 Å². The Balaban J connectivity index is 2.39. The zero-order valence-electron chi connectivity index (χ0n) is 21.9. The lowest BCUT2D eigenvalue weighted by molar-refractivity contribution is -0.163. The average molecular weight is 471 g/mol. The summed E-state index contributed by atoms with van der Waals surface area (Å²) in [7, 11) is 3.28. The standard InChI is InChI=1S/C28H38O6/c1-17(16-25(29)34-28(5,6)7)27(30)33-20(4)26(21-12-10-14-23(31-8)18(21)2)22-13-11-15-24(32-9)19(22)3/h10-15,17,20,26H,16H2,1-9H3/t17-,20?/m1/s1. The van der Waals surface area contributed by atoms with Gasteiger partial charge in [0.05, 0.1) is 26.6 Å². The van der Waals surface area contributed by atoms with Crippen molar-refractivity contribution >= 4 is 11.9 Å². The monoisotopic (exact) mass is 470 g/mol. The molecule has 0 aliphatic carbocycles. The van der Waals surface area contributed by atoms with Gasteiger partial charge in [-0.25, -0.2) is 0 Å². The molecule has 0 N–H and O–H groups in total. The van der Waals surface area contributed by atoms with Crippen LogP contribution in [0.3, 0.4) is 0 Å². The summed E-state index contributed by atoms with van der Waals surface area (Å²) in [6, 6.07) is 11.7. The van der Waals surface area contributed by atoms with Crippen molar-refractivity contribution in [2.75, 3.05) is 14.2 Å². The van der Waals surface area contributed by atoms with Crippen molar-refractivity contribution in [2.45, 2.75) is 72.5 Å². The van der Waals surface area contributed by atoms with E-state index in [-0.39, 0.29) is 12.3 Å². The van der Waals surface area contributed by atoms with Crippen LogP contribution in [0.5, 0.6) is 11.5 Å². The van der Waals surface area contributed by atoms with Crippen LogP contribution in [0.4, 0.5) is 0 Å². The van der Waals surface area contributed by atoms with Crippen molar-refractivity contribution < 1.29 is 28.5 Å². The van der Waals surface area contributed by atoms with Crippen molar-refractivity contribution in [3.05, 3.63) is 58.7 Å². The van der Waals surface area contributed by atoms with Gasteiger partial charge in [-0.05, 0) is 75.9 Å². The first-order valence-corrected chi connectivity index (χ1v) is 11.6. The Bertz CT molecular complexity index is 951. The van der Waals surface area contributed by atoms with Gasteiger partial charge in [-0.3, -0.25) is 9.59 Å². The molecule has 0 amide bonds. The molecular weight excluding hydrogens is 432 g/mol. The molecule has 0 spiro atoms. The Hall–Kier alpha value is -3.02. The summed E-state index contributed by atoms with van der Waals surface area (Å²) in [5.41, 5.74) is 3.34. The third-order valence-electron chi connectivity index (χ3n) is 5.83. The first kappa shape index (κ1) is 27.2. The zero-order chi connectivity index (χ0) is 25.6. The molecule has 186 valence electrons. The molecule has 2 atom stereocenters. The molecule has 6 nitrogen and oxygen atoms in total. The number of methoxy groups -OCH3 is 2. The summed E-state index contributed by atoms with van der Waals surface area (Å²) < 4.78 is 22.4. The number of esters is 2. The Morgan fingerprint density at radius 1 is 0.853 bits per heavy atom. The van der Waals surface area contributed by atoms with Crippen molar-refractivity contribution in [1.82, 2.24) is 0 Å². The second-order valence-electron chi connectivity index (χ2n) is 9.66. The number of rotatable bonds is 9. The molecule has 1 unspecified atom stereocenters. The first-order valence-electron chi connectivity index (χ1n) is 11.6. The molecule has 0 bridgehead atoms. The minimum absolute atomic E-state index is 0.0378. The molecule has 0 radical (unpaired) electrons. The molecule has 0 saturated carbocycles. The number of carbonyl (C=O) groups excluding carboxylic acids is 2. The van der Waals surface area contributed by atoms with Gasteiger partial charge in [0.15, 0.2) is 0 Å². The molecule has 0 aliphatic rings. The second kappa shape index (κ2) is 11.4. The van der Waals surface area contributed by atoms with Gasteiger partial charge in [0.25, 0.3) is 0 Å². The number of carbonyl (C=O) groups is 2. The van der Waals surface area contributed by atoms with E-state index in [1.807, 2.05) is 57.2 Å². The number of hydrogen-bond acceptors (Lipinski definition) is 6. The highest BCUT2D eigenvalue weighted by molar-refractivity contribution is 5.80. The molecule has 34 heavy (non-hydrogen) atoms. The Morgan fingerprint density at radius 2 is 1.32 bits per heavy atom. The molecule has 2 rings (SSSR count). The van der Waals surface area contributed by atoms with E-state index >= 15 is 0 Å². The fraction of sp³-hybridized carbons (Fsp3) is 0.500. The summed E-state index contributed by atoms with van der Waals surface area (Å²) >= 11 is 0. The molecule has 0 saturated heterocycles. The fourth-order valence-electron chi connectivity index (χ4n) is 4.14. The van der Waals surface area contributed by atoms with E-state index in [0.717, 1.165) is 33.8 Å². The van der Waals surface area contributed by atoms with Crippen LogP contribution in [-0.4, -0.2) is 37.9 Å². The van der Waals surface area contributed by atoms with Gasteiger partial charge in [-0.15, -0.1) is 0 Å². The fourth-order valence-corrected chi connectivity index (χ4v) is 4.14. The van der Waals surface area contributed by atoms with Crippen LogP contribution < -0.4 is 9.47 Å². The number of ether oxygens (including phenoxy) is 4. The maximum Gasteiger partial charge on any atom is 0.309 e. The molecule has 2 aromatic carbocycles. The van der Waals surface area contributed by atoms with Crippen LogP contribution in [0, 0.1) is 19.8 Å². The lowest BCUT2D eigenvalue weighted by Crippen LogP contribution is -2.30. The van der Waals surface area contributed by atoms with E-state index in [2.05, 4.69) is 0 Å². The SMILES string of the molecule is COc1cccc(C(c2cccc(OC)c2C)C(C)OC(=O)[C@H](C)CC(=O)OC(C)(C)C)c1C. The Morgan fingerprint density at radius 3 is 1.74 bits per heavy atom. The first-order chi connectivity index (χ1) is 15.9. The quantitative estimate of drug-likeness (QED) is 0.435. The van der Waals surface area contributed by atoms with Crippen molar-refractivity contribution in [1.29, 1.82) is 0 Å². The van der Waals surface area contributed by atoms with Gasteiger partial charge in [-0.2, -0.15) is 0 Å². The highest BCUT2D eigenvalue weighted by atomic mass is 16.6. The maximum atomic E-state index is 13.0. The highest BCUT2D eigenvalue weighted by Gasteiger charge is 2.31. The number of benzene rings is 2. The lowest BCUT2D eigenvalue weighted by Gasteiger charge is -2.29. The van der Waals surface area contributed by atoms with Gasteiger partial charge >= 0.3 is 11.9 Å². The van der Waals surface area contributed by atoms with E-state index < -0.39 is 29.6 Å². The molecular formula is C28H38O6. The van der Waals surface area contributed by atoms with Crippen molar-refractivity contribution in [3.8, 4) is 11.5 Å². The van der Waals surface area contributed by atoms with Gasteiger partial charge in [0, 0.05) is 5.92 Å². The predicted octanol–water partition coefficient (Wildman–Crippen LogP) is 5.75. The summed E-state index contributed by atoms with van der Waals surface area (Å²) in [6.45, 7) is 12.9. The summed E-state index contributed by atoms with van der Waals surface area (Å²) in [4.78, 5) is 25.2. The minimum Gasteiger partial charge on any atom is -0.496 e. The van der Waals surface area contributed by atoms with E-state index in [1.165, 1.54) is 0 Å². The molecule has 0 heterocycles. The molecule has 6 heteroatoms. The van der Waals surface area contributed by atoms with E-state index in [4.69, 9.17) is 18.9 Å². The van der Waals surface area contributed by atoms with Gasteiger partial charge in [0.2, 0.25) is 0 Å². The molecule has 0 aliphatic heterocycles. The largest absolute Gasteiger partial charge is 0.496 e. The summed E-state index contributed by atoms with van der Waals surface area (Å²) in [5.74, 6) is -0.226. The Kier molecular flexibility index (Phi) is 9.14. The highest BCUT2D eigenvalue weighted by Crippen LogP contribution is 2.39. The van der Waals surface area contributed by atoms with Gasteiger partial charge in [-0.1, -0.05) is 31.2 Å². The summed E-state index contributed by atoms with van der Waals surface area (Å²) in [5, 5.41) is 0. The minimum atomic E-state index is -0.629. The van der Waals surface area contributed by atoms with E-state index in [9.17, 15) is 9.59 Å². The summed E-state index contributed by atoms with van der Waals surface area (Å²) in [6.07, 6.45) is -0.547. The lowest BCUT2D eigenvalue weighted by atomic mass is 9.82. The van der Waals surface area contributed by atoms with Crippen LogP contribution >= 0.6 is 0 Å².